The van der Waals surface area contributed by atoms with Crippen LogP contribution in [0.2, 0.25) is 0 Å². The second kappa shape index (κ2) is 6.89. The second-order valence-corrected chi connectivity index (χ2v) is 5.78. The number of carbonyl (C=O) groups is 1. The molecule has 19 heavy (non-hydrogen) atoms. The van der Waals surface area contributed by atoms with Crippen molar-refractivity contribution >= 4 is 23.9 Å². The van der Waals surface area contributed by atoms with Gasteiger partial charge in [0, 0.05) is 6.04 Å². The highest BCUT2D eigenvalue weighted by molar-refractivity contribution is 7.98. The maximum absolute atomic E-state index is 11.2. The zero-order chi connectivity index (χ0) is 13.7. The minimum absolute atomic E-state index is 0.435. The number of aromatic nitrogens is 2. The van der Waals surface area contributed by atoms with Gasteiger partial charge in [0.2, 0.25) is 0 Å². The predicted octanol–water partition coefficient (Wildman–Crippen LogP) is 3.45. The molecule has 1 aromatic heterocycles. The van der Waals surface area contributed by atoms with Gasteiger partial charge in [0.25, 0.3) is 0 Å². The van der Waals surface area contributed by atoms with E-state index in [1.165, 1.54) is 37.4 Å². The van der Waals surface area contributed by atoms with Crippen molar-refractivity contribution in [2.24, 2.45) is 0 Å². The van der Waals surface area contributed by atoms with Gasteiger partial charge in [-0.15, -0.1) is 0 Å². The van der Waals surface area contributed by atoms with Crippen molar-refractivity contribution < 1.29 is 4.79 Å². The van der Waals surface area contributed by atoms with Gasteiger partial charge in [0.05, 0.1) is 11.3 Å². The smallest absolute Gasteiger partial charge is 0.189 e. The van der Waals surface area contributed by atoms with E-state index in [-0.39, 0.29) is 0 Å². The fourth-order valence-electron chi connectivity index (χ4n) is 2.52. The maximum Gasteiger partial charge on any atom is 0.189 e. The number of hydrogen-bond acceptors (Lipinski definition) is 5. The lowest BCUT2D eigenvalue weighted by Gasteiger charge is -2.19. The van der Waals surface area contributed by atoms with Crippen molar-refractivity contribution in [2.75, 3.05) is 11.6 Å². The van der Waals surface area contributed by atoms with Gasteiger partial charge in [-0.05, 0) is 26.0 Å². The Morgan fingerprint density at radius 3 is 2.47 bits per heavy atom. The molecule has 1 aromatic rings. The average Bonchev–Trinajstić information content (AvgIpc) is 2.67. The SMILES string of the molecule is CSc1nc(C)c(C=O)c(NC2CCCCCC2)n1. The van der Waals surface area contributed by atoms with E-state index >= 15 is 0 Å². The van der Waals surface area contributed by atoms with Crippen molar-refractivity contribution in [3.63, 3.8) is 0 Å². The number of rotatable bonds is 4. The summed E-state index contributed by atoms with van der Waals surface area (Å²) in [6.07, 6.45) is 10.3. The van der Waals surface area contributed by atoms with E-state index in [4.69, 9.17) is 0 Å². The summed E-state index contributed by atoms with van der Waals surface area (Å²) in [4.78, 5) is 20.0. The number of nitrogens with one attached hydrogen (secondary N) is 1. The van der Waals surface area contributed by atoms with Crippen molar-refractivity contribution in [3.05, 3.63) is 11.3 Å². The summed E-state index contributed by atoms with van der Waals surface area (Å²) in [5.41, 5.74) is 1.35. The summed E-state index contributed by atoms with van der Waals surface area (Å²) in [6.45, 7) is 1.86. The quantitative estimate of drug-likeness (QED) is 0.396. The minimum atomic E-state index is 0.435. The molecule has 1 aliphatic carbocycles. The fraction of sp³-hybridized carbons (Fsp3) is 0.643. The van der Waals surface area contributed by atoms with E-state index in [9.17, 15) is 4.79 Å². The summed E-state index contributed by atoms with van der Waals surface area (Å²) >= 11 is 1.50. The van der Waals surface area contributed by atoms with Gasteiger partial charge in [-0.2, -0.15) is 0 Å². The van der Waals surface area contributed by atoms with E-state index in [0.717, 1.165) is 30.0 Å². The number of aldehydes is 1. The molecule has 1 fully saturated rings. The molecule has 1 aliphatic rings. The zero-order valence-electron chi connectivity index (χ0n) is 11.6. The van der Waals surface area contributed by atoms with Crippen LogP contribution in [0.4, 0.5) is 5.82 Å². The Morgan fingerprint density at radius 1 is 1.21 bits per heavy atom. The van der Waals surface area contributed by atoms with Gasteiger partial charge in [-0.3, -0.25) is 4.79 Å². The van der Waals surface area contributed by atoms with Crippen LogP contribution in [0.3, 0.4) is 0 Å². The van der Waals surface area contributed by atoms with E-state index in [1.54, 1.807) is 0 Å². The first kappa shape index (κ1) is 14.3. The normalized spacial score (nSPS) is 16.9. The molecule has 1 saturated carbocycles. The molecule has 0 saturated heterocycles. The van der Waals surface area contributed by atoms with Crippen LogP contribution in [0.15, 0.2) is 5.16 Å². The third-order valence-corrected chi connectivity index (χ3v) is 4.16. The van der Waals surface area contributed by atoms with Gasteiger partial charge >= 0.3 is 0 Å². The molecule has 4 nitrogen and oxygen atoms in total. The molecule has 0 atom stereocenters. The van der Waals surface area contributed by atoms with Crippen LogP contribution in [0.1, 0.15) is 54.6 Å². The largest absolute Gasteiger partial charge is 0.367 e. The number of anilines is 1. The minimum Gasteiger partial charge on any atom is -0.367 e. The number of carbonyl (C=O) groups excluding carboxylic acids is 1. The second-order valence-electron chi connectivity index (χ2n) is 5.01. The lowest BCUT2D eigenvalue weighted by Crippen LogP contribution is -2.21. The Balaban J connectivity index is 2.21. The molecule has 104 valence electrons. The molecule has 0 radical (unpaired) electrons. The van der Waals surface area contributed by atoms with E-state index < -0.39 is 0 Å². The van der Waals surface area contributed by atoms with E-state index in [2.05, 4.69) is 15.3 Å². The molecule has 2 rings (SSSR count). The van der Waals surface area contributed by atoms with Crippen molar-refractivity contribution in [3.8, 4) is 0 Å². The van der Waals surface area contributed by atoms with Crippen molar-refractivity contribution in [2.45, 2.75) is 56.6 Å². The monoisotopic (exact) mass is 279 g/mol. The Hall–Kier alpha value is -1.10. The van der Waals surface area contributed by atoms with Crippen LogP contribution in [0, 0.1) is 6.92 Å². The van der Waals surface area contributed by atoms with Gasteiger partial charge in [-0.1, -0.05) is 37.4 Å². The molecule has 0 bridgehead atoms. The van der Waals surface area contributed by atoms with Crippen LogP contribution in [-0.4, -0.2) is 28.6 Å². The molecule has 0 aliphatic heterocycles. The summed E-state index contributed by atoms with van der Waals surface area (Å²) in [6, 6.07) is 0.435. The third kappa shape index (κ3) is 3.69. The highest BCUT2D eigenvalue weighted by Gasteiger charge is 2.16. The Labute approximate surface area is 118 Å². The Bertz CT molecular complexity index is 443. The lowest BCUT2D eigenvalue weighted by atomic mass is 10.1. The highest BCUT2D eigenvalue weighted by Crippen LogP contribution is 2.24. The molecule has 0 amide bonds. The first-order valence-electron chi connectivity index (χ1n) is 6.89. The van der Waals surface area contributed by atoms with Crippen LogP contribution >= 0.6 is 11.8 Å². The van der Waals surface area contributed by atoms with Gasteiger partial charge in [-0.25, -0.2) is 9.97 Å². The molecule has 0 aromatic carbocycles. The molecule has 1 heterocycles. The van der Waals surface area contributed by atoms with Crippen LogP contribution in [0.25, 0.3) is 0 Å². The maximum atomic E-state index is 11.2. The first-order valence-corrected chi connectivity index (χ1v) is 8.11. The summed E-state index contributed by atoms with van der Waals surface area (Å²) in [5.74, 6) is 0.707. The Kier molecular flexibility index (Phi) is 5.19. The summed E-state index contributed by atoms with van der Waals surface area (Å²) in [7, 11) is 0. The topological polar surface area (TPSA) is 54.9 Å². The van der Waals surface area contributed by atoms with Crippen LogP contribution in [0.5, 0.6) is 0 Å². The Morgan fingerprint density at radius 2 is 1.89 bits per heavy atom. The molecular formula is C14H21N3OS. The molecule has 5 heteroatoms. The van der Waals surface area contributed by atoms with Crippen LogP contribution in [-0.2, 0) is 0 Å². The third-order valence-electron chi connectivity index (χ3n) is 3.61. The van der Waals surface area contributed by atoms with Crippen LogP contribution < -0.4 is 5.32 Å². The number of nitrogens with zero attached hydrogens (tertiary/aromatic N) is 2. The van der Waals surface area contributed by atoms with Gasteiger partial charge < -0.3 is 5.32 Å². The summed E-state index contributed by atoms with van der Waals surface area (Å²) < 4.78 is 0. The van der Waals surface area contributed by atoms with E-state index in [1.807, 2.05) is 13.2 Å². The molecule has 1 N–H and O–H groups in total. The molecule has 0 spiro atoms. The van der Waals surface area contributed by atoms with Crippen molar-refractivity contribution in [1.29, 1.82) is 0 Å². The first-order chi connectivity index (χ1) is 9.24. The van der Waals surface area contributed by atoms with E-state index in [0.29, 0.717) is 17.4 Å². The number of thioether (sulfide) groups is 1. The zero-order valence-corrected chi connectivity index (χ0v) is 12.4. The standard InChI is InChI=1S/C14H21N3OS/c1-10-12(9-18)13(17-14(15-10)19-2)16-11-7-5-3-4-6-8-11/h9,11H,3-8H2,1-2H3,(H,15,16,17). The highest BCUT2D eigenvalue weighted by atomic mass is 32.2. The predicted molar refractivity (Wildman–Crippen MR) is 79.1 cm³/mol. The lowest BCUT2D eigenvalue weighted by molar-refractivity contribution is 0.112. The fourth-order valence-corrected chi connectivity index (χ4v) is 2.93. The molecule has 0 unspecified atom stereocenters. The van der Waals surface area contributed by atoms with Gasteiger partial charge in [0.15, 0.2) is 11.4 Å². The molecular weight excluding hydrogens is 258 g/mol. The number of aryl methyl sites for hydroxylation is 1. The average molecular weight is 279 g/mol. The summed E-state index contributed by atoms with van der Waals surface area (Å²) in [5, 5.41) is 4.18. The number of hydrogen-bond donors (Lipinski definition) is 1. The van der Waals surface area contributed by atoms with Gasteiger partial charge in [0.1, 0.15) is 5.82 Å². The van der Waals surface area contributed by atoms with Crippen molar-refractivity contribution in [1.82, 2.24) is 9.97 Å².